The number of aromatic nitrogens is 2. The van der Waals surface area contributed by atoms with E-state index >= 15 is 4.39 Å². The summed E-state index contributed by atoms with van der Waals surface area (Å²) in [6.45, 7) is 1.94. The number of anilines is 2. The Bertz CT molecular complexity index is 888. The summed E-state index contributed by atoms with van der Waals surface area (Å²) in [7, 11) is 0. The van der Waals surface area contributed by atoms with Crippen molar-refractivity contribution in [2.24, 2.45) is 5.92 Å². The SMILES string of the molecule is O[C@H]1CNCC[C@@H]1CNc1ncnc(N(Cc2ccc(C(F)(F)F)cc2)C2CC2)c1F. The molecule has 1 saturated carbocycles. The van der Waals surface area contributed by atoms with Crippen LogP contribution in [0.4, 0.5) is 29.2 Å². The van der Waals surface area contributed by atoms with Crippen LogP contribution < -0.4 is 15.5 Å². The fourth-order valence-electron chi connectivity index (χ4n) is 3.81. The van der Waals surface area contributed by atoms with Crippen molar-refractivity contribution in [2.75, 3.05) is 29.9 Å². The molecule has 2 heterocycles. The molecule has 1 aliphatic heterocycles. The van der Waals surface area contributed by atoms with Crippen molar-refractivity contribution in [1.29, 1.82) is 0 Å². The van der Waals surface area contributed by atoms with Crippen LogP contribution in [0.25, 0.3) is 0 Å². The summed E-state index contributed by atoms with van der Waals surface area (Å²) in [4.78, 5) is 9.92. The molecule has 1 aromatic carbocycles. The highest BCUT2D eigenvalue weighted by Gasteiger charge is 2.34. The highest BCUT2D eigenvalue weighted by atomic mass is 19.4. The van der Waals surface area contributed by atoms with Crippen LogP contribution >= 0.6 is 0 Å². The third kappa shape index (κ3) is 5.24. The summed E-state index contributed by atoms with van der Waals surface area (Å²) >= 11 is 0. The first-order valence-electron chi connectivity index (χ1n) is 10.4. The van der Waals surface area contributed by atoms with Gasteiger partial charge in [-0.25, -0.2) is 9.97 Å². The number of nitrogens with one attached hydrogen (secondary N) is 2. The third-order valence-electron chi connectivity index (χ3n) is 5.79. The minimum absolute atomic E-state index is 0.00857. The Kier molecular flexibility index (Phi) is 6.29. The van der Waals surface area contributed by atoms with E-state index in [1.165, 1.54) is 18.5 Å². The number of hydrogen-bond donors (Lipinski definition) is 3. The van der Waals surface area contributed by atoms with E-state index in [-0.39, 0.29) is 30.1 Å². The van der Waals surface area contributed by atoms with E-state index in [1.807, 2.05) is 0 Å². The Balaban J connectivity index is 1.49. The lowest BCUT2D eigenvalue weighted by Crippen LogP contribution is -2.43. The molecule has 2 aromatic rings. The number of β-amino-alcohol motifs (C(OH)–C–C–N with tert-alkyl or cyclic N) is 1. The van der Waals surface area contributed by atoms with Gasteiger partial charge < -0.3 is 20.6 Å². The second-order valence-electron chi connectivity index (χ2n) is 8.11. The highest BCUT2D eigenvalue weighted by Crippen LogP contribution is 2.35. The number of piperidine rings is 1. The molecule has 168 valence electrons. The molecule has 10 heteroatoms. The second kappa shape index (κ2) is 8.96. The van der Waals surface area contributed by atoms with Gasteiger partial charge in [0.25, 0.3) is 0 Å². The predicted molar refractivity (Wildman–Crippen MR) is 108 cm³/mol. The summed E-state index contributed by atoms with van der Waals surface area (Å²) in [6, 6.07) is 4.98. The Morgan fingerprint density at radius 1 is 1.13 bits per heavy atom. The van der Waals surface area contributed by atoms with Gasteiger partial charge in [-0.05, 0) is 43.5 Å². The lowest BCUT2D eigenvalue weighted by atomic mass is 9.95. The first kappa shape index (κ1) is 21.8. The van der Waals surface area contributed by atoms with Gasteiger partial charge in [0, 0.05) is 31.6 Å². The lowest BCUT2D eigenvalue weighted by molar-refractivity contribution is -0.137. The van der Waals surface area contributed by atoms with Crippen molar-refractivity contribution in [2.45, 2.75) is 44.1 Å². The molecule has 0 unspecified atom stereocenters. The average molecular weight is 439 g/mol. The largest absolute Gasteiger partial charge is 0.416 e. The molecular formula is C21H25F4N5O. The summed E-state index contributed by atoms with van der Waals surface area (Å²) in [5.41, 5.74) is -0.0701. The lowest BCUT2D eigenvalue weighted by Gasteiger charge is -2.29. The molecule has 0 radical (unpaired) electrons. The number of rotatable bonds is 7. The second-order valence-corrected chi connectivity index (χ2v) is 8.11. The molecule has 31 heavy (non-hydrogen) atoms. The monoisotopic (exact) mass is 439 g/mol. The number of nitrogens with zero attached hydrogens (tertiary/aromatic N) is 3. The highest BCUT2D eigenvalue weighted by molar-refractivity contribution is 5.52. The average Bonchev–Trinajstić information content (AvgIpc) is 3.58. The number of benzene rings is 1. The van der Waals surface area contributed by atoms with E-state index in [9.17, 15) is 18.3 Å². The minimum atomic E-state index is -4.39. The number of hydrogen-bond acceptors (Lipinski definition) is 6. The molecule has 2 atom stereocenters. The molecule has 2 aliphatic rings. The van der Waals surface area contributed by atoms with Gasteiger partial charge in [0.2, 0.25) is 5.82 Å². The van der Waals surface area contributed by atoms with Crippen LogP contribution in [0.1, 0.15) is 30.4 Å². The molecule has 0 spiro atoms. The summed E-state index contributed by atoms with van der Waals surface area (Å²) in [5.74, 6) is -0.407. The zero-order valence-corrected chi connectivity index (χ0v) is 16.9. The van der Waals surface area contributed by atoms with Gasteiger partial charge in [0.15, 0.2) is 11.6 Å². The molecule has 1 saturated heterocycles. The van der Waals surface area contributed by atoms with Crippen molar-refractivity contribution in [3.05, 3.63) is 47.5 Å². The van der Waals surface area contributed by atoms with E-state index in [0.717, 1.165) is 37.9 Å². The van der Waals surface area contributed by atoms with Gasteiger partial charge in [-0.2, -0.15) is 17.6 Å². The van der Waals surface area contributed by atoms with Gasteiger partial charge in [-0.1, -0.05) is 12.1 Å². The predicted octanol–water partition coefficient (Wildman–Crippen LogP) is 3.19. The Labute approximate surface area is 177 Å². The van der Waals surface area contributed by atoms with Crippen molar-refractivity contribution in [3.63, 3.8) is 0 Å². The van der Waals surface area contributed by atoms with Gasteiger partial charge in [-0.3, -0.25) is 0 Å². The third-order valence-corrected chi connectivity index (χ3v) is 5.79. The van der Waals surface area contributed by atoms with E-state index in [0.29, 0.717) is 18.7 Å². The molecule has 6 nitrogen and oxygen atoms in total. The maximum Gasteiger partial charge on any atom is 0.416 e. The van der Waals surface area contributed by atoms with Crippen molar-refractivity contribution < 1.29 is 22.7 Å². The van der Waals surface area contributed by atoms with Crippen molar-refractivity contribution in [3.8, 4) is 0 Å². The molecule has 0 bridgehead atoms. The number of aliphatic hydroxyl groups excluding tert-OH is 1. The normalized spacial score (nSPS) is 21.7. The van der Waals surface area contributed by atoms with Gasteiger partial charge >= 0.3 is 6.18 Å². The van der Waals surface area contributed by atoms with Crippen LogP contribution in [0.3, 0.4) is 0 Å². The molecule has 1 aliphatic carbocycles. The van der Waals surface area contributed by atoms with Crippen LogP contribution in [0.15, 0.2) is 30.6 Å². The topological polar surface area (TPSA) is 73.3 Å². The summed E-state index contributed by atoms with van der Waals surface area (Å²) in [6.07, 6.45) is -1.11. The molecule has 1 aromatic heterocycles. The van der Waals surface area contributed by atoms with Gasteiger partial charge in [0.1, 0.15) is 6.33 Å². The van der Waals surface area contributed by atoms with E-state index in [4.69, 9.17) is 0 Å². The molecular weight excluding hydrogens is 414 g/mol. The zero-order chi connectivity index (χ0) is 22.0. The van der Waals surface area contributed by atoms with Crippen LogP contribution in [-0.4, -0.2) is 46.9 Å². The Morgan fingerprint density at radius 3 is 2.52 bits per heavy atom. The number of halogens is 4. The summed E-state index contributed by atoms with van der Waals surface area (Å²) in [5, 5.41) is 16.2. The van der Waals surface area contributed by atoms with E-state index in [1.54, 1.807) is 4.90 Å². The van der Waals surface area contributed by atoms with Crippen LogP contribution in [0.2, 0.25) is 0 Å². The molecule has 4 rings (SSSR count). The zero-order valence-electron chi connectivity index (χ0n) is 16.9. The van der Waals surface area contributed by atoms with Crippen molar-refractivity contribution in [1.82, 2.24) is 15.3 Å². The van der Waals surface area contributed by atoms with Gasteiger partial charge in [-0.15, -0.1) is 0 Å². The first-order valence-corrected chi connectivity index (χ1v) is 10.4. The maximum absolute atomic E-state index is 15.2. The minimum Gasteiger partial charge on any atom is -0.391 e. The number of aliphatic hydroxyl groups is 1. The molecule has 3 N–H and O–H groups in total. The Morgan fingerprint density at radius 2 is 1.87 bits per heavy atom. The molecule has 2 fully saturated rings. The van der Waals surface area contributed by atoms with Crippen LogP contribution in [0, 0.1) is 11.7 Å². The summed E-state index contributed by atoms with van der Waals surface area (Å²) < 4.78 is 53.7. The van der Waals surface area contributed by atoms with Gasteiger partial charge in [0.05, 0.1) is 11.7 Å². The van der Waals surface area contributed by atoms with Crippen molar-refractivity contribution >= 4 is 11.6 Å². The quantitative estimate of drug-likeness (QED) is 0.576. The standard InChI is InChI=1S/C21H25F4N5O/c22-18-19(27-9-14-7-8-26-10-17(14)31)28-12-29-20(18)30(16-5-6-16)11-13-1-3-15(4-2-13)21(23,24)25/h1-4,12,14,16-17,26,31H,5-11H2,(H,27,28,29)/t14-,17+/m1/s1. The molecule has 0 amide bonds. The van der Waals surface area contributed by atoms with Crippen LogP contribution in [-0.2, 0) is 12.7 Å². The van der Waals surface area contributed by atoms with E-state index in [2.05, 4.69) is 20.6 Å². The maximum atomic E-state index is 15.2. The fraction of sp³-hybridized carbons (Fsp3) is 0.524. The Hall–Kier alpha value is -2.46. The first-order chi connectivity index (χ1) is 14.8. The fourth-order valence-corrected chi connectivity index (χ4v) is 3.81. The smallest absolute Gasteiger partial charge is 0.391 e. The number of alkyl halides is 3. The van der Waals surface area contributed by atoms with E-state index < -0.39 is 23.7 Å². The van der Waals surface area contributed by atoms with Crippen LogP contribution in [0.5, 0.6) is 0 Å².